The molecular weight excluding hydrogens is 300 g/mol. The Morgan fingerprint density at radius 3 is 3.00 bits per heavy atom. The van der Waals surface area contributed by atoms with Crippen molar-refractivity contribution in [2.45, 2.75) is 51.2 Å². The van der Waals surface area contributed by atoms with Gasteiger partial charge in [0, 0.05) is 44.5 Å². The molecule has 4 rings (SSSR count). The van der Waals surface area contributed by atoms with E-state index in [-0.39, 0.29) is 5.41 Å². The van der Waals surface area contributed by atoms with Crippen molar-refractivity contribution >= 4 is 0 Å². The third-order valence-corrected chi connectivity index (χ3v) is 6.15. The first kappa shape index (κ1) is 16.5. The molecule has 2 atom stereocenters. The minimum atomic E-state index is 0.190. The molecule has 1 aromatic rings. The Morgan fingerprint density at radius 2 is 2.21 bits per heavy atom. The van der Waals surface area contributed by atoms with Crippen LogP contribution in [0.3, 0.4) is 0 Å². The lowest BCUT2D eigenvalue weighted by Gasteiger charge is -2.50. The maximum atomic E-state index is 6.21. The van der Waals surface area contributed by atoms with Gasteiger partial charge in [0.05, 0.1) is 18.4 Å². The number of hydrogen-bond acceptors (Lipinski definition) is 4. The Morgan fingerprint density at radius 1 is 1.25 bits per heavy atom. The fourth-order valence-corrected chi connectivity index (χ4v) is 4.54. The minimum Gasteiger partial charge on any atom is -0.380 e. The van der Waals surface area contributed by atoms with Crippen molar-refractivity contribution in [2.75, 3.05) is 32.9 Å². The first-order valence-corrected chi connectivity index (χ1v) is 9.66. The van der Waals surface area contributed by atoms with Crippen LogP contribution in [-0.2, 0) is 16.0 Å². The number of fused-ring (bicyclic) bond motifs is 1. The number of pyridine rings is 1. The maximum absolute atomic E-state index is 6.21. The van der Waals surface area contributed by atoms with E-state index in [1.165, 1.54) is 37.8 Å². The molecule has 3 aliphatic rings. The second kappa shape index (κ2) is 7.51. The number of aromatic nitrogens is 1. The number of piperidine rings is 1. The molecule has 0 amide bonds. The Bertz CT molecular complexity index is 520. The van der Waals surface area contributed by atoms with E-state index in [0.717, 1.165) is 51.8 Å². The van der Waals surface area contributed by atoms with Gasteiger partial charge in [0.15, 0.2) is 0 Å². The summed E-state index contributed by atoms with van der Waals surface area (Å²) in [6.07, 6.45) is 9.91. The Kier molecular flexibility index (Phi) is 5.16. The summed E-state index contributed by atoms with van der Waals surface area (Å²) >= 11 is 0. The summed E-state index contributed by atoms with van der Waals surface area (Å²) in [4.78, 5) is 7.06. The third-order valence-electron chi connectivity index (χ3n) is 6.15. The van der Waals surface area contributed by atoms with Crippen LogP contribution in [0.15, 0.2) is 24.4 Å². The Balaban J connectivity index is 1.39. The molecule has 0 bridgehead atoms. The minimum absolute atomic E-state index is 0.190. The van der Waals surface area contributed by atoms with Crippen LogP contribution >= 0.6 is 0 Å². The highest BCUT2D eigenvalue weighted by atomic mass is 16.5. The molecule has 0 spiro atoms. The molecule has 2 aliphatic heterocycles. The van der Waals surface area contributed by atoms with Gasteiger partial charge >= 0.3 is 0 Å². The third kappa shape index (κ3) is 3.66. The van der Waals surface area contributed by atoms with Crippen molar-refractivity contribution in [3.63, 3.8) is 0 Å². The molecule has 2 saturated heterocycles. The zero-order valence-corrected chi connectivity index (χ0v) is 14.7. The van der Waals surface area contributed by atoms with Crippen molar-refractivity contribution in [3.8, 4) is 0 Å². The number of ether oxygens (including phenoxy) is 2. The summed E-state index contributed by atoms with van der Waals surface area (Å²) in [6, 6.07) is 6.19. The molecule has 0 N–H and O–H groups in total. The second-order valence-electron chi connectivity index (χ2n) is 7.96. The van der Waals surface area contributed by atoms with Crippen molar-refractivity contribution in [2.24, 2.45) is 11.3 Å². The van der Waals surface area contributed by atoms with Crippen molar-refractivity contribution in [1.29, 1.82) is 0 Å². The topological polar surface area (TPSA) is 34.6 Å². The zero-order chi connectivity index (χ0) is 16.2. The van der Waals surface area contributed by atoms with E-state index in [1.54, 1.807) is 0 Å². The summed E-state index contributed by atoms with van der Waals surface area (Å²) in [5.41, 5.74) is 1.35. The van der Waals surface area contributed by atoms with Crippen LogP contribution < -0.4 is 0 Å². The Labute approximate surface area is 145 Å². The summed E-state index contributed by atoms with van der Waals surface area (Å²) in [6.45, 7) is 5.87. The molecular formula is C20H30N2O2. The van der Waals surface area contributed by atoms with Crippen LogP contribution in [0.5, 0.6) is 0 Å². The van der Waals surface area contributed by atoms with Crippen molar-refractivity contribution in [1.82, 2.24) is 9.88 Å². The lowest BCUT2D eigenvalue weighted by Crippen LogP contribution is -2.56. The average molecular weight is 330 g/mol. The molecule has 4 nitrogen and oxygen atoms in total. The first-order chi connectivity index (χ1) is 11.8. The zero-order valence-electron chi connectivity index (χ0n) is 14.7. The van der Waals surface area contributed by atoms with E-state index in [4.69, 9.17) is 9.47 Å². The van der Waals surface area contributed by atoms with Gasteiger partial charge in [-0.1, -0.05) is 12.5 Å². The molecule has 4 heteroatoms. The fourth-order valence-electron chi connectivity index (χ4n) is 4.54. The highest BCUT2D eigenvalue weighted by molar-refractivity contribution is 5.05. The number of nitrogens with zero attached hydrogens (tertiary/aromatic N) is 2. The van der Waals surface area contributed by atoms with Crippen molar-refractivity contribution < 1.29 is 9.47 Å². The van der Waals surface area contributed by atoms with Gasteiger partial charge in [-0.2, -0.15) is 0 Å². The predicted octanol–water partition coefficient (Wildman–Crippen LogP) is 3.27. The van der Waals surface area contributed by atoms with E-state index < -0.39 is 0 Å². The van der Waals surface area contributed by atoms with Crippen LogP contribution in [0, 0.1) is 11.3 Å². The molecule has 1 aliphatic carbocycles. The van der Waals surface area contributed by atoms with Gasteiger partial charge in [0.25, 0.3) is 0 Å². The van der Waals surface area contributed by atoms with Gasteiger partial charge < -0.3 is 9.47 Å². The predicted molar refractivity (Wildman–Crippen MR) is 93.7 cm³/mol. The molecule has 0 aromatic carbocycles. The highest BCUT2D eigenvalue weighted by Gasteiger charge is 2.46. The molecule has 1 aromatic heterocycles. The van der Waals surface area contributed by atoms with E-state index >= 15 is 0 Å². The van der Waals surface area contributed by atoms with E-state index in [2.05, 4.69) is 22.0 Å². The molecule has 3 heterocycles. The molecule has 1 saturated carbocycles. The van der Waals surface area contributed by atoms with Crippen LogP contribution in [0.25, 0.3) is 0 Å². The van der Waals surface area contributed by atoms with Gasteiger partial charge in [0.2, 0.25) is 0 Å². The van der Waals surface area contributed by atoms with Gasteiger partial charge in [-0.15, -0.1) is 0 Å². The molecule has 132 valence electrons. The molecule has 0 radical (unpaired) electrons. The maximum Gasteiger partial charge on any atom is 0.0677 e. The van der Waals surface area contributed by atoms with E-state index in [9.17, 15) is 0 Å². The van der Waals surface area contributed by atoms with E-state index in [0.29, 0.717) is 6.10 Å². The number of likely N-dealkylation sites (tertiary alicyclic amines) is 1. The second-order valence-corrected chi connectivity index (χ2v) is 7.96. The fraction of sp³-hybridized carbons (Fsp3) is 0.750. The van der Waals surface area contributed by atoms with Crippen LogP contribution in [0.1, 0.15) is 44.2 Å². The largest absolute Gasteiger partial charge is 0.380 e. The van der Waals surface area contributed by atoms with Gasteiger partial charge in [-0.25, -0.2) is 0 Å². The lowest BCUT2D eigenvalue weighted by molar-refractivity contribution is -0.157. The SMILES string of the molecule is c1ccc(CN2CCC3OCCCC3(COCC3CCC3)C2)nc1. The van der Waals surface area contributed by atoms with Crippen LogP contribution in [0.2, 0.25) is 0 Å². The number of rotatable bonds is 6. The summed E-state index contributed by atoms with van der Waals surface area (Å²) in [5, 5.41) is 0. The van der Waals surface area contributed by atoms with Crippen LogP contribution in [0.4, 0.5) is 0 Å². The lowest BCUT2D eigenvalue weighted by atomic mass is 9.73. The summed E-state index contributed by atoms with van der Waals surface area (Å²) in [5.74, 6) is 0.817. The summed E-state index contributed by atoms with van der Waals surface area (Å²) in [7, 11) is 0. The van der Waals surface area contributed by atoms with Crippen molar-refractivity contribution in [3.05, 3.63) is 30.1 Å². The quantitative estimate of drug-likeness (QED) is 0.802. The standard InChI is InChI=1S/C20H30N2O2/c1-2-10-21-18(7-1)13-22-11-8-19-20(15-22,9-4-12-24-19)16-23-14-17-5-3-6-17/h1-2,7,10,17,19H,3-6,8-9,11-16H2. The van der Waals surface area contributed by atoms with E-state index in [1.807, 2.05) is 12.3 Å². The first-order valence-electron chi connectivity index (χ1n) is 9.66. The Hall–Kier alpha value is -0.970. The normalized spacial score (nSPS) is 31.4. The van der Waals surface area contributed by atoms with Gasteiger partial charge in [0.1, 0.15) is 0 Å². The molecule has 3 fully saturated rings. The smallest absolute Gasteiger partial charge is 0.0677 e. The number of hydrogen-bond donors (Lipinski definition) is 0. The van der Waals surface area contributed by atoms with Gasteiger partial charge in [-0.3, -0.25) is 9.88 Å². The van der Waals surface area contributed by atoms with Crippen LogP contribution in [-0.4, -0.2) is 48.9 Å². The average Bonchev–Trinajstić information content (AvgIpc) is 2.58. The monoisotopic (exact) mass is 330 g/mol. The highest BCUT2D eigenvalue weighted by Crippen LogP contribution is 2.41. The molecule has 24 heavy (non-hydrogen) atoms. The molecule has 2 unspecified atom stereocenters. The van der Waals surface area contributed by atoms with Gasteiger partial charge in [-0.05, 0) is 50.2 Å². The summed E-state index contributed by atoms with van der Waals surface area (Å²) < 4.78 is 12.4.